The highest BCUT2D eigenvalue weighted by atomic mass is 16.7. The summed E-state index contributed by atoms with van der Waals surface area (Å²) in [6.07, 6.45) is 1.18. The molecule has 0 spiro atoms. The number of benzene rings is 3. The summed E-state index contributed by atoms with van der Waals surface area (Å²) < 4.78 is 12.5. The van der Waals surface area contributed by atoms with E-state index in [-0.39, 0.29) is 6.61 Å². The third-order valence-electron chi connectivity index (χ3n) is 4.73. The minimum absolute atomic E-state index is 0.168. The number of carbonyl (C=O) groups is 1. The molecule has 0 saturated carbocycles. The van der Waals surface area contributed by atoms with Crippen molar-refractivity contribution < 1.29 is 14.3 Å². The van der Waals surface area contributed by atoms with Crippen molar-refractivity contribution in [3.63, 3.8) is 0 Å². The third kappa shape index (κ3) is 5.11. The van der Waals surface area contributed by atoms with E-state index in [1.807, 2.05) is 104 Å². The minimum atomic E-state index is -0.725. The summed E-state index contributed by atoms with van der Waals surface area (Å²) in [6.45, 7) is 3.95. The fourth-order valence-electron chi connectivity index (χ4n) is 3.28. The number of rotatable bonds is 6. The third-order valence-corrected chi connectivity index (χ3v) is 4.73. The van der Waals surface area contributed by atoms with Crippen LogP contribution in [0.5, 0.6) is 5.75 Å². The highest BCUT2D eigenvalue weighted by molar-refractivity contribution is 5.68. The lowest BCUT2D eigenvalue weighted by molar-refractivity contribution is 0.0923. The molecule has 0 aliphatic rings. The summed E-state index contributed by atoms with van der Waals surface area (Å²) in [5.41, 5.74) is 4.39. The van der Waals surface area contributed by atoms with Crippen LogP contribution in [0.3, 0.4) is 0 Å². The minimum Gasteiger partial charge on any atom is -0.429 e. The molecule has 156 valence electrons. The summed E-state index contributed by atoms with van der Waals surface area (Å²) in [5, 5.41) is 7.86. The molecule has 0 fully saturated rings. The normalized spacial score (nSPS) is 10.5. The molecule has 0 atom stereocenters. The van der Waals surface area contributed by atoms with Gasteiger partial charge in [-0.2, -0.15) is 5.10 Å². The Kier molecular flexibility index (Phi) is 5.98. The average Bonchev–Trinajstić information content (AvgIpc) is 3.25. The first kappa shape index (κ1) is 20.2. The van der Waals surface area contributed by atoms with Gasteiger partial charge in [-0.05, 0) is 54.8 Å². The van der Waals surface area contributed by atoms with Crippen molar-refractivity contribution in [1.29, 1.82) is 0 Å². The Morgan fingerprint density at radius 1 is 0.935 bits per heavy atom. The number of para-hydroxylation sites is 1. The van der Waals surface area contributed by atoms with Crippen LogP contribution in [0.1, 0.15) is 16.7 Å². The van der Waals surface area contributed by atoms with Gasteiger partial charge in [0.15, 0.2) is 5.82 Å². The molecule has 0 unspecified atom stereocenters. The summed E-state index contributed by atoms with van der Waals surface area (Å²) in [7, 11) is 0. The number of aromatic nitrogens is 2. The summed E-state index contributed by atoms with van der Waals surface area (Å²) in [5.74, 6) is 1.22. The van der Waals surface area contributed by atoms with Crippen molar-refractivity contribution in [1.82, 2.24) is 9.78 Å². The standard InChI is InChI=1S/C25H23N3O3/c1-18-15-21(26-23-13-14-28(27-23)22-11-7-4-8-12-22)16-19(2)24(18)31-25(29)30-17-20-9-5-3-6-10-20/h3-16H,17H2,1-2H3,(H,26,27). The Labute approximate surface area is 181 Å². The molecular weight excluding hydrogens is 390 g/mol. The molecule has 1 aromatic heterocycles. The molecule has 1 heterocycles. The SMILES string of the molecule is Cc1cc(Nc2ccn(-c3ccccc3)n2)cc(C)c1OC(=O)OCc1ccccc1. The molecule has 31 heavy (non-hydrogen) atoms. The van der Waals surface area contributed by atoms with E-state index in [0.717, 1.165) is 33.9 Å². The van der Waals surface area contributed by atoms with Crippen LogP contribution in [0.15, 0.2) is 85.1 Å². The molecule has 4 rings (SSSR count). The van der Waals surface area contributed by atoms with Gasteiger partial charge in [-0.3, -0.25) is 0 Å². The predicted octanol–water partition coefficient (Wildman–Crippen LogP) is 5.95. The Bertz CT molecular complexity index is 1150. The molecule has 4 aromatic rings. The summed E-state index contributed by atoms with van der Waals surface area (Å²) >= 11 is 0. The maximum atomic E-state index is 12.1. The van der Waals surface area contributed by atoms with E-state index in [1.54, 1.807) is 0 Å². The van der Waals surface area contributed by atoms with Crippen LogP contribution in [0.4, 0.5) is 16.3 Å². The quantitative estimate of drug-likeness (QED) is 0.313. The Morgan fingerprint density at radius 3 is 2.26 bits per heavy atom. The molecule has 0 aliphatic carbocycles. The molecule has 0 bridgehead atoms. The molecule has 6 heteroatoms. The Hall–Kier alpha value is -4.06. The van der Waals surface area contributed by atoms with Gasteiger partial charge >= 0.3 is 6.16 Å². The van der Waals surface area contributed by atoms with Crippen LogP contribution >= 0.6 is 0 Å². The van der Waals surface area contributed by atoms with Crippen LogP contribution in [0.25, 0.3) is 5.69 Å². The van der Waals surface area contributed by atoms with E-state index >= 15 is 0 Å². The number of nitrogens with one attached hydrogen (secondary N) is 1. The largest absolute Gasteiger partial charge is 0.514 e. The highest BCUT2D eigenvalue weighted by Crippen LogP contribution is 2.29. The van der Waals surface area contributed by atoms with Gasteiger partial charge in [0, 0.05) is 18.0 Å². The van der Waals surface area contributed by atoms with Gasteiger partial charge in [0.05, 0.1) is 5.69 Å². The first-order valence-corrected chi connectivity index (χ1v) is 9.96. The first-order chi connectivity index (χ1) is 15.1. The molecule has 1 N–H and O–H groups in total. The highest BCUT2D eigenvalue weighted by Gasteiger charge is 2.13. The number of carbonyl (C=O) groups excluding carboxylic acids is 1. The van der Waals surface area contributed by atoms with Gasteiger partial charge in [-0.15, -0.1) is 0 Å². The average molecular weight is 413 g/mol. The number of ether oxygens (including phenoxy) is 2. The second-order valence-corrected chi connectivity index (χ2v) is 7.17. The molecule has 3 aromatic carbocycles. The van der Waals surface area contributed by atoms with Crippen molar-refractivity contribution in [2.24, 2.45) is 0 Å². The topological polar surface area (TPSA) is 65.4 Å². The van der Waals surface area contributed by atoms with Gasteiger partial charge in [0.1, 0.15) is 12.4 Å². The summed E-state index contributed by atoms with van der Waals surface area (Å²) in [6, 6.07) is 25.1. The smallest absolute Gasteiger partial charge is 0.429 e. The lowest BCUT2D eigenvalue weighted by atomic mass is 10.1. The zero-order valence-electron chi connectivity index (χ0n) is 17.4. The van der Waals surface area contributed by atoms with Crippen molar-refractivity contribution in [3.8, 4) is 11.4 Å². The Morgan fingerprint density at radius 2 is 1.58 bits per heavy atom. The van der Waals surface area contributed by atoms with E-state index in [1.165, 1.54) is 0 Å². The van der Waals surface area contributed by atoms with E-state index in [9.17, 15) is 4.79 Å². The molecular formula is C25H23N3O3. The van der Waals surface area contributed by atoms with Crippen LogP contribution in [0.2, 0.25) is 0 Å². The molecule has 0 radical (unpaired) electrons. The van der Waals surface area contributed by atoms with Crippen LogP contribution in [-0.2, 0) is 11.3 Å². The van der Waals surface area contributed by atoms with Crippen LogP contribution in [-0.4, -0.2) is 15.9 Å². The van der Waals surface area contributed by atoms with Crippen molar-refractivity contribution in [3.05, 3.63) is 102 Å². The second kappa shape index (κ2) is 9.17. The van der Waals surface area contributed by atoms with E-state index in [2.05, 4.69) is 10.4 Å². The van der Waals surface area contributed by atoms with Crippen LogP contribution in [0, 0.1) is 13.8 Å². The van der Waals surface area contributed by atoms with Gasteiger partial charge in [-0.1, -0.05) is 48.5 Å². The summed E-state index contributed by atoms with van der Waals surface area (Å²) in [4.78, 5) is 12.1. The molecule has 0 saturated heterocycles. The first-order valence-electron chi connectivity index (χ1n) is 9.96. The van der Waals surface area contributed by atoms with Crippen molar-refractivity contribution in [2.75, 3.05) is 5.32 Å². The van der Waals surface area contributed by atoms with Gasteiger partial charge < -0.3 is 14.8 Å². The molecule has 6 nitrogen and oxygen atoms in total. The van der Waals surface area contributed by atoms with Crippen molar-refractivity contribution >= 4 is 17.7 Å². The van der Waals surface area contributed by atoms with Gasteiger partial charge in [0.2, 0.25) is 0 Å². The van der Waals surface area contributed by atoms with Crippen LogP contribution < -0.4 is 10.1 Å². The van der Waals surface area contributed by atoms with E-state index < -0.39 is 6.16 Å². The Balaban J connectivity index is 1.41. The van der Waals surface area contributed by atoms with Gasteiger partial charge in [0.25, 0.3) is 0 Å². The fraction of sp³-hybridized carbons (Fsp3) is 0.120. The zero-order valence-corrected chi connectivity index (χ0v) is 17.4. The molecule has 0 amide bonds. The zero-order chi connectivity index (χ0) is 21.6. The fourth-order valence-corrected chi connectivity index (χ4v) is 3.28. The van der Waals surface area contributed by atoms with E-state index in [4.69, 9.17) is 9.47 Å². The lowest BCUT2D eigenvalue weighted by Gasteiger charge is -2.13. The van der Waals surface area contributed by atoms with Crippen molar-refractivity contribution in [2.45, 2.75) is 20.5 Å². The lowest BCUT2D eigenvalue weighted by Crippen LogP contribution is -2.12. The van der Waals surface area contributed by atoms with Gasteiger partial charge in [-0.25, -0.2) is 9.48 Å². The number of hydrogen-bond acceptors (Lipinski definition) is 5. The number of aryl methyl sites for hydroxylation is 2. The maximum Gasteiger partial charge on any atom is 0.514 e. The predicted molar refractivity (Wildman–Crippen MR) is 120 cm³/mol. The number of nitrogens with zero attached hydrogens (tertiary/aromatic N) is 2. The molecule has 0 aliphatic heterocycles. The van der Waals surface area contributed by atoms with E-state index in [0.29, 0.717) is 5.75 Å². The number of anilines is 2. The second-order valence-electron chi connectivity index (χ2n) is 7.17. The number of hydrogen-bond donors (Lipinski definition) is 1. The monoisotopic (exact) mass is 413 g/mol. The maximum absolute atomic E-state index is 12.1.